The van der Waals surface area contributed by atoms with Gasteiger partial charge in [-0.1, -0.05) is 11.6 Å². The van der Waals surface area contributed by atoms with E-state index < -0.39 is 53.2 Å². The maximum absolute atomic E-state index is 14.4. The van der Waals surface area contributed by atoms with E-state index in [0.717, 1.165) is 0 Å². The first-order valence-electron chi connectivity index (χ1n) is 7.56. The van der Waals surface area contributed by atoms with Crippen LogP contribution in [0.5, 0.6) is 0 Å². The highest BCUT2D eigenvalue weighted by molar-refractivity contribution is 6.30. The van der Waals surface area contributed by atoms with Gasteiger partial charge in [-0.15, -0.1) is 24.8 Å². The molecular formula is C15H18Cl3F7N2. The fraction of sp³-hybridized carbons (Fsp3) is 0.600. The molecule has 1 aliphatic heterocycles. The predicted octanol–water partition coefficient (Wildman–Crippen LogP) is 5.63. The van der Waals surface area contributed by atoms with Gasteiger partial charge in [-0.25, -0.2) is 4.39 Å². The summed E-state index contributed by atoms with van der Waals surface area (Å²) in [4.78, 5) is 1.55. The molecule has 2 nitrogen and oxygen atoms in total. The SMILES string of the molecule is Cl.Cl.Fc1c(Cl)cc(C(F)(F)F)cc1[C@H](CCC(F)(F)F)N1CCNCC1. The van der Waals surface area contributed by atoms with Crippen LogP contribution in [-0.4, -0.2) is 37.3 Å². The fourth-order valence-electron chi connectivity index (χ4n) is 2.85. The maximum Gasteiger partial charge on any atom is 0.416 e. The standard InChI is InChI=1S/C15H16ClF7N2.2ClH/c16-11-8-9(15(21,22)23)7-10(13(11)17)12(1-2-14(18,19)20)25-5-3-24-4-6-25;;/h7-8,12,24H,1-6H2;2*1H/t12-;;/m0../s1. The second kappa shape index (κ2) is 10.3. The molecule has 0 aromatic heterocycles. The van der Waals surface area contributed by atoms with E-state index in [1.165, 1.54) is 0 Å². The lowest BCUT2D eigenvalue weighted by molar-refractivity contribution is -0.140. The predicted molar refractivity (Wildman–Crippen MR) is 93.4 cm³/mol. The quantitative estimate of drug-likeness (QED) is 0.580. The topological polar surface area (TPSA) is 15.3 Å². The van der Waals surface area contributed by atoms with Gasteiger partial charge >= 0.3 is 12.4 Å². The minimum absolute atomic E-state index is 0. The molecule has 0 saturated carbocycles. The van der Waals surface area contributed by atoms with Crippen LogP contribution in [0.25, 0.3) is 0 Å². The average Bonchev–Trinajstić information content (AvgIpc) is 2.50. The molecule has 0 spiro atoms. The third-order valence-corrected chi connectivity index (χ3v) is 4.31. The number of nitrogens with one attached hydrogen (secondary N) is 1. The summed E-state index contributed by atoms with van der Waals surface area (Å²) in [5.74, 6) is -1.11. The highest BCUT2D eigenvalue weighted by Crippen LogP contribution is 2.39. The molecule has 0 amide bonds. The van der Waals surface area contributed by atoms with Crippen LogP contribution in [0.1, 0.15) is 30.0 Å². The Kier molecular flexibility index (Phi) is 10.2. The molecule has 1 aromatic rings. The smallest absolute Gasteiger partial charge is 0.314 e. The molecule has 1 heterocycles. The Labute approximate surface area is 169 Å². The largest absolute Gasteiger partial charge is 0.416 e. The van der Waals surface area contributed by atoms with E-state index in [1.54, 1.807) is 4.90 Å². The van der Waals surface area contributed by atoms with E-state index >= 15 is 0 Å². The summed E-state index contributed by atoms with van der Waals surface area (Å²) in [7, 11) is 0. The van der Waals surface area contributed by atoms with Gasteiger partial charge in [0.15, 0.2) is 0 Å². The van der Waals surface area contributed by atoms with E-state index in [1.807, 2.05) is 0 Å². The van der Waals surface area contributed by atoms with Crippen molar-refractivity contribution in [3.63, 3.8) is 0 Å². The molecular weight excluding hydrogens is 448 g/mol. The van der Waals surface area contributed by atoms with Crippen LogP contribution >= 0.6 is 36.4 Å². The van der Waals surface area contributed by atoms with Crippen LogP contribution in [0.2, 0.25) is 5.02 Å². The van der Waals surface area contributed by atoms with Crippen molar-refractivity contribution in [1.29, 1.82) is 0 Å². The fourth-order valence-corrected chi connectivity index (χ4v) is 3.07. The summed E-state index contributed by atoms with van der Waals surface area (Å²) in [6.45, 7) is 1.51. The van der Waals surface area contributed by atoms with Crippen molar-refractivity contribution >= 4 is 36.4 Å². The Morgan fingerprint density at radius 3 is 2.07 bits per heavy atom. The summed E-state index contributed by atoms with van der Waals surface area (Å²) in [6, 6.07) is -0.132. The summed E-state index contributed by atoms with van der Waals surface area (Å²) in [5.41, 5.74) is -1.63. The van der Waals surface area contributed by atoms with E-state index in [-0.39, 0.29) is 24.8 Å². The van der Waals surface area contributed by atoms with E-state index in [9.17, 15) is 30.7 Å². The molecule has 0 radical (unpaired) electrons. The second-order valence-corrected chi connectivity index (χ2v) is 6.22. The first kappa shape index (κ1) is 26.5. The lowest BCUT2D eigenvalue weighted by atomic mass is 9.96. The minimum Gasteiger partial charge on any atom is -0.314 e. The molecule has 1 N–H and O–H groups in total. The molecule has 0 unspecified atom stereocenters. The van der Waals surface area contributed by atoms with Crippen molar-refractivity contribution in [3.8, 4) is 0 Å². The Bertz CT molecular complexity index is 602. The summed E-state index contributed by atoms with van der Waals surface area (Å²) in [6.07, 6.45) is -11.0. The minimum atomic E-state index is -4.77. The molecule has 1 aromatic carbocycles. The lowest BCUT2D eigenvalue weighted by Gasteiger charge is -2.36. The number of piperazine rings is 1. The monoisotopic (exact) mass is 464 g/mol. The number of benzene rings is 1. The number of halogens is 10. The molecule has 1 atom stereocenters. The molecule has 12 heteroatoms. The van der Waals surface area contributed by atoms with Crippen molar-refractivity contribution in [2.75, 3.05) is 26.2 Å². The molecule has 1 fully saturated rings. The van der Waals surface area contributed by atoms with Crippen LogP contribution in [0, 0.1) is 5.82 Å². The van der Waals surface area contributed by atoms with Gasteiger partial charge in [0.2, 0.25) is 0 Å². The van der Waals surface area contributed by atoms with Crippen LogP contribution in [-0.2, 0) is 6.18 Å². The molecule has 2 rings (SSSR count). The first-order chi connectivity index (χ1) is 11.5. The Balaban J connectivity index is 0.00000338. The maximum atomic E-state index is 14.4. The van der Waals surface area contributed by atoms with Gasteiger partial charge in [0.25, 0.3) is 0 Å². The molecule has 1 aliphatic rings. The van der Waals surface area contributed by atoms with Gasteiger partial charge in [0, 0.05) is 44.2 Å². The zero-order chi connectivity index (χ0) is 18.8. The van der Waals surface area contributed by atoms with Gasteiger partial charge in [-0.05, 0) is 18.6 Å². The Morgan fingerprint density at radius 1 is 1.04 bits per heavy atom. The molecule has 0 aliphatic carbocycles. The van der Waals surface area contributed by atoms with Crippen molar-refractivity contribution in [3.05, 3.63) is 34.1 Å². The van der Waals surface area contributed by atoms with Crippen molar-refractivity contribution in [1.82, 2.24) is 10.2 Å². The van der Waals surface area contributed by atoms with Gasteiger partial charge in [-0.3, -0.25) is 4.90 Å². The molecule has 158 valence electrons. The van der Waals surface area contributed by atoms with E-state index in [2.05, 4.69) is 5.32 Å². The third kappa shape index (κ3) is 7.45. The lowest BCUT2D eigenvalue weighted by Crippen LogP contribution is -2.45. The summed E-state index contributed by atoms with van der Waals surface area (Å²) < 4.78 is 91.1. The van der Waals surface area contributed by atoms with E-state index in [4.69, 9.17) is 11.6 Å². The first-order valence-corrected chi connectivity index (χ1v) is 7.94. The third-order valence-electron chi connectivity index (χ3n) is 4.04. The number of hydrogen-bond acceptors (Lipinski definition) is 2. The van der Waals surface area contributed by atoms with E-state index in [0.29, 0.717) is 38.3 Å². The van der Waals surface area contributed by atoms with Crippen LogP contribution in [0.3, 0.4) is 0 Å². The van der Waals surface area contributed by atoms with Crippen LogP contribution < -0.4 is 5.32 Å². The van der Waals surface area contributed by atoms with Crippen LogP contribution in [0.4, 0.5) is 30.7 Å². The highest BCUT2D eigenvalue weighted by Gasteiger charge is 2.36. The summed E-state index contributed by atoms with van der Waals surface area (Å²) >= 11 is 5.57. The number of alkyl halides is 6. The highest BCUT2D eigenvalue weighted by atomic mass is 35.5. The second-order valence-electron chi connectivity index (χ2n) is 5.81. The van der Waals surface area contributed by atoms with Crippen molar-refractivity contribution < 1.29 is 30.7 Å². The number of hydrogen-bond donors (Lipinski definition) is 1. The molecule has 1 saturated heterocycles. The average molecular weight is 466 g/mol. The zero-order valence-corrected chi connectivity index (χ0v) is 16.2. The molecule has 0 bridgehead atoms. The Hall–Kier alpha value is -0.480. The Morgan fingerprint density at radius 2 is 1.59 bits per heavy atom. The summed E-state index contributed by atoms with van der Waals surface area (Å²) in [5, 5.41) is 2.24. The molecule has 27 heavy (non-hydrogen) atoms. The van der Waals surface area contributed by atoms with Gasteiger partial charge < -0.3 is 5.32 Å². The van der Waals surface area contributed by atoms with Crippen LogP contribution in [0.15, 0.2) is 12.1 Å². The van der Waals surface area contributed by atoms with Crippen molar-refractivity contribution in [2.24, 2.45) is 0 Å². The van der Waals surface area contributed by atoms with Gasteiger partial charge in [0.1, 0.15) is 5.82 Å². The normalized spacial score (nSPS) is 17.0. The zero-order valence-electron chi connectivity index (χ0n) is 13.8. The number of rotatable bonds is 4. The van der Waals surface area contributed by atoms with Gasteiger partial charge in [-0.2, -0.15) is 26.3 Å². The van der Waals surface area contributed by atoms with Gasteiger partial charge in [0.05, 0.1) is 10.6 Å². The number of nitrogens with zero attached hydrogens (tertiary/aromatic N) is 1. The van der Waals surface area contributed by atoms with Crippen molar-refractivity contribution in [2.45, 2.75) is 31.2 Å².